The van der Waals surface area contributed by atoms with Crippen LogP contribution in [0.25, 0.3) is 0 Å². The van der Waals surface area contributed by atoms with E-state index in [2.05, 4.69) is 20.5 Å². The van der Waals surface area contributed by atoms with Gasteiger partial charge >= 0.3 is 0 Å². The van der Waals surface area contributed by atoms with Crippen molar-refractivity contribution in [2.24, 2.45) is 5.10 Å². The van der Waals surface area contributed by atoms with Crippen LogP contribution >= 0.6 is 11.8 Å². The van der Waals surface area contributed by atoms with E-state index in [1.165, 1.54) is 18.7 Å². The summed E-state index contributed by atoms with van der Waals surface area (Å²) >= 11 is 1.37. The quantitative estimate of drug-likeness (QED) is 0.364. The van der Waals surface area contributed by atoms with Crippen LogP contribution in [0.1, 0.15) is 30.7 Å². The minimum absolute atomic E-state index is 0.104. The van der Waals surface area contributed by atoms with Crippen LogP contribution in [0.5, 0.6) is 0 Å². The van der Waals surface area contributed by atoms with E-state index >= 15 is 0 Å². The molecule has 0 aliphatic rings. The van der Waals surface area contributed by atoms with Crippen LogP contribution < -0.4 is 11.0 Å². The molecule has 0 spiro atoms. The molecule has 1 heterocycles. The lowest BCUT2D eigenvalue weighted by Gasteiger charge is -2.08. The molecule has 0 radical (unpaired) electrons. The highest BCUT2D eigenvalue weighted by Gasteiger charge is 2.10. The number of hydrogen-bond donors (Lipinski definition) is 2. The highest BCUT2D eigenvalue weighted by atomic mass is 32.2. The average Bonchev–Trinajstić information content (AvgIpc) is 2.55. The highest BCUT2D eigenvalue weighted by Crippen LogP contribution is 2.15. The molecule has 0 unspecified atom stereocenters. The number of aromatic amines is 1. The standard InChI is InChI=1S/C17H20N4O2S/c1-4-14-11(2)18-17(19-16(14)23)24-10-15(21-20-12(3)22)13-8-6-5-7-9-13/h5-9H,4,10H2,1-3H3,(H,20,22)(H,18,19,23). The molecule has 0 bridgehead atoms. The molecular weight excluding hydrogens is 324 g/mol. The third-order valence-electron chi connectivity index (χ3n) is 3.36. The van der Waals surface area contributed by atoms with Crippen LogP contribution in [-0.2, 0) is 11.2 Å². The molecule has 7 heteroatoms. The molecule has 126 valence electrons. The molecule has 6 nitrogen and oxygen atoms in total. The van der Waals surface area contributed by atoms with E-state index in [4.69, 9.17) is 0 Å². The number of aromatic nitrogens is 2. The van der Waals surface area contributed by atoms with Crippen LogP contribution in [0, 0.1) is 6.92 Å². The van der Waals surface area contributed by atoms with Crippen molar-refractivity contribution in [3.63, 3.8) is 0 Å². The molecule has 2 rings (SSSR count). The normalized spacial score (nSPS) is 11.4. The zero-order valence-corrected chi connectivity index (χ0v) is 14.7. The van der Waals surface area contributed by atoms with Gasteiger partial charge in [0.05, 0.1) is 5.71 Å². The smallest absolute Gasteiger partial charge is 0.254 e. The molecule has 0 aliphatic heterocycles. The first-order chi connectivity index (χ1) is 11.5. The Bertz CT molecular complexity index is 800. The number of hydrazone groups is 1. The summed E-state index contributed by atoms with van der Waals surface area (Å²) in [6, 6.07) is 9.57. The molecule has 2 N–H and O–H groups in total. The number of nitrogens with zero attached hydrogens (tertiary/aromatic N) is 2. The number of thioether (sulfide) groups is 1. The van der Waals surface area contributed by atoms with Gasteiger partial charge in [0.1, 0.15) is 0 Å². The van der Waals surface area contributed by atoms with E-state index in [-0.39, 0.29) is 11.5 Å². The average molecular weight is 344 g/mol. The minimum atomic E-state index is -0.233. The van der Waals surface area contributed by atoms with Crippen molar-refractivity contribution in [3.8, 4) is 0 Å². The second kappa shape index (κ2) is 8.44. The van der Waals surface area contributed by atoms with Gasteiger partial charge in [-0.15, -0.1) is 0 Å². The summed E-state index contributed by atoms with van der Waals surface area (Å²) in [5, 5.41) is 4.71. The van der Waals surface area contributed by atoms with Gasteiger partial charge in [0.25, 0.3) is 5.56 Å². The van der Waals surface area contributed by atoms with Crippen molar-refractivity contribution in [1.82, 2.24) is 15.4 Å². The van der Waals surface area contributed by atoms with Crippen molar-refractivity contribution < 1.29 is 4.79 Å². The van der Waals surface area contributed by atoms with Crippen molar-refractivity contribution in [3.05, 3.63) is 57.5 Å². The molecule has 0 aliphatic carbocycles. The summed E-state index contributed by atoms with van der Waals surface area (Å²) in [7, 11) is 0. The lowest BCUT2D eigenvalue weighted by Crippen LogP contribution is -2.19. The molecule has 1 aromatic heterocycles. The number of aryl methyl sites for hydroxylation is 1. The van der Waals surface area contributed by atoms with E-state index in [1.54, 1.807) is 0 Å². The highest BCUT2D eigenvalue weighted by molar-refractivity contribution is 7.99. The number of carbonyl (C=O) groups is 1. The van der Waals surface area contributed by atoms with Gasteiger partial charge in [-0.05, 0) is 18.9 Å². The van der Waals surface area contributed by atoms with E-state index in [0.29, 0.717) is 28.6 Å². The Balaban J connectivity index is 2.21. The Morgan fingerprint density at radius 1 is 1.33 bits per heavy atom. The fourth-order valence-corrected chi connectivity index (χ4v) is 3.03. The zero-order valence-electron chi connectivity index (χ0n) is 13.9. The van der Waals surface area contributed by atoms with Gasteiger partial charge in [-0.25, -0.2) is 10.4 Å². The van der Waals surface area contributed by atoms with Gasteiger partial charge in [-0.1, -0.05) is 49.0 Å². The Morgan fingerprint density at radius 3 is 2.62 bits per heavy atom. The number of rotatable bonds is 6. The van der Waals surface area contributed by atoms with Crippen LogP contribution in [0.2, 0.25) is 0 Å². The van der Waals surface area contributed by atoms with E-state index < -0.39 is 0 Å². The second-order valence-corrected chi connectivity index (χ2v) is 6.13. The van der Waals surface area contributed by atoms with Gasteiger partial charge in [0, 0.05) is 23.9 Å². The van der Waals surface area contributed by atoms with Crippen LogP contribution in [-0.4, -0.2) is 27.3 Å². The lowest BCUT2D eigenvalue weighted by molar-refractivity contribution is -0.118. The van der Waals surface area contributed by atoms with E-state index in [9.17, 15) is 9.59 Å². The maximum atomic E-state index is 12.0. The minimum Gasteiger partial charge on any atom is -0.301 e. The summed E-state index contributed by atoms with van der Waals surface area (Å²) in [6.07, 6.45) is 0.651. The van der Waals surface area contributed by atoms with Gasteiger partial charge in [-0.2, -0.15) is 5.10 Å². The summed E-state index contributed by atoms with van der Waals surface area (Å²) in [5.74, 6) is 0.237. The van der Waals surface area contributed by atoms with Crippen LogP contribution in [0.15, 0.2) is 45.4 Å². The Hall–Kier alpha value is -2.41. The predicted molar refractivity (Wildman–Crippen MR) is 96.5 cm³/mol. The summed E-state index contributed by atoms with van der Waals surface area (Å²) in [4.78, 5) is 30.4. The predicted octanol–water partition coefficient (Wildman–Crippen LogP) is 2.27. The SMILES string of the molecule is CCc1c(C)nc(SCC(=NNC(C)=O)c2ccccc2)[nH]c1=O. The number of benzene rings is 1. The van der Waals surface area contributed by atoms with Gasteiger partial charge in [-0.3, -0.25) is 9.59 Å². The van der Waals surface area contributed by atoms with E-state index in [0.717, 1.165) is 11.3 Å². The largest absolute Gasteiger partial charge is 0.301 e. The van der Waals surface area contributed by atoms with Crippen LogP contribution in [0.3, 0.4) is 0 Å². The van der Waals surface area contributed by atoms with Gasteiger partial charge < -0.3 is 4.98 Å². The number of H-pyrrole nitrogens is 1. The topological polar surface area (TPSA) is 87.2 Å². The molecule has 0 fully saturated rings. The monoisotopic (exact) mass is 344 g/mol. The third-order valence-corrected chi connectivity index (χ3v) is 4.24. The summed E-state index contributed by atoms with van der Waals surface area (Å²) in [6.45, 7) is 5.17. The molecule has 24 heavy (non-hydrogen) atoms. The van der Waals surface area contributed by atoms with Crippen molar-refractivity contribution in [2.45, 2.75) is 32.3 Å². The number of amides is 1. The molecule has 0 saturated heterocycles. The maximum Gasteiger partial charge on any atom is 0.254 e. The third kappa shape index (κ3) is 4.79. The van der Waals surface area contributed by atoms with Crippen molar-refractivity contribution in [1.29, 1.82) is 0 Å². The maximum absolute atomic E-state index is 12.0. The fraction of sp³-hybridized carbons (Fsp3) is 0.294. The van der Waals surface area contributed by atoms with Crippen molar-refractivity contribution >= 4 is 23.4 Å². The first-order valence-electron chi connectivity index (χ1n) is 7.62. The molecule has 1 aromatic carbocycles. The fourth-order valence-electron chi connectivity index (χ4n) is 2.16. The number of hydrogen-bond acceptors (Lipinski definition) is 5. The molecule has 0 saturated carbocycles. The molecule has 0 atom stereocenters. The Labute approximate surface area is 144 Å². The first kappa shape index (κ1) is 17.9. The van der Waals surface area contributed by atoms with E-state index in [1.807, 2.05) is 44.2 Å². The summed E-state index contributed by atoms with van der Waals surface area (Å²) in [5.41, 5.74) is 5.41. The van der Waals surface area contributed by atoms with Gasteiger partial charge in [0.15, 0.2) is 5.16 Å². The van der Waals surface area contributed by atoms with Crippen LogP contribution in [0.4, 0.5) is 0 Å². The molecule has 1 amide bonds. The first-order valence-corrected chi connectivity index (χ1v) is 8.61. The van der Waals surface area contributed by atoms with Crippen molar-refractivity contribution in [2.75, 3.05) is 5.75 Å². The number of nitrogens with one attached hydrogen (secondary N) is 2. The number of carbonyl (C=O) groups excluding carboxylic acids is 1. The van der Waals surface area contributed by atoms with Gasteiger partial charge in [0.2, 0.25) is 5.91 Å². The Kier molecular flexibility index (Phi) is 6.31. The lowest BCUT2D eigenvalue weighted by atomic mass is 10.1. The Morgan fingerprint density at radius 2 is 2.04 bits per heavy atom. The second-order valence-electron chi connectivity index (χ2n) is 5.17. The zero-order chi connectivity index (χ0) is 17.5. The summed E-state index contributed by atoms with van der Waals surface area (Å²) < 4.78 is 0. The molecule has 2 aromatic rings. The molecular formula is C17H20N4O2S.